The van der Waals surface area contributed by atoms with Gasteiger partial charge in [0, 0.05) is 34.7 Å². The van der Waals surface area contributed by atoms with Crippen molar-refractivity contribution in [3.63, 3.8) is 0 Å². The van der Waals surface area contributed by atoms with E-state index in [1.807, 2.05) is 20.8 Å². The van der Waals surface area contributed by atoms with Gasteiger partial charge in [-0.25, -0.2) is 4.79 Å². The first-order chi connectivity index (χ1) is 17.5. The Bertz CT molecular complexity index is 1340. The highest BCUT2D eigenvalue weighted by atomic mass is 35.5. The van der Waals surface area contributed by atoms with Crippen molar-refractivity contribution >= 4 is 34.9 Å². The fourth-order valence-electron chi connectivity index (χ4n) is 4.71. The number of methoxy groups -OCH3 is 1. The first kappa shape index (κ1) is 26.3. The molecule has 4 rings (SSSR count). The van der Waals surface area contributed by atoms with Gasteiger partial charge in [-0.2, -0.15) is 0 Å². The number of rotatable bonds is 6. The maximum absolute atomic E-state index is 13.4. The molecule has 1 unspecified atom stereocenters. The van der Waals surface area contributed by atoms with Gasteiger partial charge in [0.2, 0.25) is 5.88 Å². The Morgan fingerprint density at radius 2 is 1.92 bits per heavy atom. The molecule has 0 aromatic heterocycles. The zero-order chi connectivity index (χ0) is 26.9. The van der Waals surface area contributed by atoms with E-state index in [-0.39, 0.29) is 35.7 Å². The molecular formula is C28H29ClN2O6. The zero-order valence-electron chi connectivity index (χ0n) is 21.1. The summed E-state index contributed by atoms with van der Waals surface area (Å²) >= 11 is 6.05. The molecule has 1 aliphatic heterocycles. The summed E-state index contributed by atoms with van der Waals surface area (Å²) in [6.07, 6.45) is 0.759. The number of allylic oxidation sites excluding steroid dienone is 2. The zero-order valence-corrected chi connectivity index (χ0v) is 21.9. The first-order valence-corrected chi connectivity index (χ1v) is 12.2. The van der Waals surface area contributed by atoms with Gasteiger partial charge in [-0.15, -0.1) is 0 Å². The highest BCUT2D eigenvalue weighted by Crippen LogP contribution is 2.49. The van der Waals surface area contributed by atoms with Gasteiger partial charge >= 0.3 is 5.97 Å². The molecule has 9 heteroatoms. The summed E-state index contributed by atoms with van der Waals surface area (Å²) in [5, 5.41) is 3.29. The fraction of sp³-hybridized carbons (Fsp3) is 0.321. The van der Waals surface area contributed by atoms with Crippen molar-refractivity contribution in [3.8, 4) is 5.75 Å². The lowest BCUT2D eigenvalue weighted by molar-refractivity contribution is -0.136. The minimum Gasteiger partial charge on any atom is -0.483 e. The van der Waals surface area contributed by atoms with E-state index in [1.54, 1.807) is 42.5 Å². The Balaban J connectivity index is 1.68. The second-order valence-electron chi connectivity index (χ2n) is 9.92. The molecule has 2 aliphatic rings. The maximum atomic E-state index is 13.4. The van der Waals surface area contributed by atoms with E-state index < -0.39 is 17.8 Å². The SMILES string of the molecule is COC(=O)C1=C(N)OC2=C(C(=O)CC(C)(C)C2)C1c1ccccc1OCC(=O)Nc1cc(Cl)ccc1C. The Labute approximate surface area is 220 Å². The highest BCUT2D eigenvalue weighted by molar-refractivity contribution is 6.31. The van der Waals surface area contributed by atoms with Gasteiger partial charge in [-0.1, -0.05) is 49.7 Å². The molecule has 3 N–H and O–H groups in total. The van der Waals surface area contributed by atoms with Crippen LogP contribution in [-0.4, -0.2) is 31.4 Å². The maximum Gasteiger partial charge on any atom is 0.340 e. The molecule has 0 bridgehead atoms. The lowest BCUT2D eigenvalue weighted by Gasteiger charge is -2.38. The van der Waals surface area contributed by atoms with Crippen molar-refractivity contribution in [2.24, 2.45) is 11.1 Å². The second kappa shape index (κ2) is 10.3. The molecule has 8 nitrogen and oxygen atoms in total. The Morgan fingerprint density at radius 3 is 2.65 bits per heavy atom. The number of esters is 1. The van der Waals surface area contributed by atoms with E-state index in [0.717, 1.165) is 5.56 Å². The van der Waals surface area contributed by atoms with E-state index in [4.69, 9.17) is 31.5 Å². The minimum absolute atomic E-state index is 0.0179. The van der Waals surface area contributed by atoms with Gasteiger partial charge in [0.05, 0.1) is 13.0 Å². The molecule has 1 aliphatic carbocycles. The molecular weight excluding hydrogens is 496 g/mol. The topological polar surface area (TPSA) is 117 Å². The number of ether oxygens (including phenoxy) is 3. The van der Waals surface area contributed by atoms with Crippen LogP contribution in [0.1, 0.15) is 43.7 Å². The summed E-state index contributed by atoms with van der Waals surface area (Å²) in [4.78, 5) is 38.9. The van der Waals surface area contributed by atoms with Crippen LogP contribution >= 0.6 is 11.6 Å². The number of halogens is 1. The largest absolute Gasteiger partial charge is 0.483 e. The molecule has 1 heterocycles. The highest BCUT2D eigenvalue weighted by Gasteiger charge is 2.45. The molecule has 37 heavy (non-hydrogen) atoms. The van der Waals surface area contributed by atoms with Crippen molar-refractivity contribution in [2.75, 3.05) is 19.0 Å². The van der Waals surface area contributed by atoms with Gasteiger partial charge in [-0.3, -0.25) is 9.59 Å². The summed E-state index contributed by atoms with van der Waals surface area (Å²) in [6.45, 7) is 5.48. The number of aryl methyl sites for hydroxylation is 1. The van der Waals surface area contributed by atoms with Gasteiger partial charge in [0.15, 0.2) is 12.4 Å². The number of amides is 1. The van der Waals surface area contributed by atoms with Crippen molar-refractivity contribution in [2.45, 2.75) is 39.5 Å². The monoisotopic (exact) mass is 524 g/mol. The van der Waals surface area contributed by atoms with Crippen LogP contribution in [0.5, 0.6) is 5.75 Å². The molecule has 2 aromatic carbocycles. The van der Waals surface area contributed by atoms with Crippen LogP contribution < -0.4 is 15.8 Å². The molecule has 0 radical (unpaired) electrons. The van der Waals surface area contributed by atoms with Crippen LogP contribution in [-0.2, 0) is 23.9 Å². The van der Waals surface area contributed by atoms with E-state index >= 15 is 0 Å². The Kier molecular flexibility index (Phi) is 7.32. The van der Waals surface area contributed by atoms with Crippen LogP contribution in [0.25, 0.3) is 0 Å². The normalized spacial score (nSPS) is 18.6. The predicted molar refractivity (Wildman–Crippen MR) is 139 cm³/mol. The molecule has 0 spiro atoms. The Morgan fingerprint density at radius 1 is 1.19 bits per heavy atom. The number of carbonyl (C=O) groups is 3. The third-order valence-electron chi connectivity index (χ3n) is 6.42. The van der Waals surface area contributed by atoms with Crippen molar-refractivity contribution in [1.29, 1.82) is 0 Å². The molecule has 1 atom stereocenters. The summed E-state index contributed by atoms with van der Waals surface area (Å²) < 4.78 is 16.7. The lowest BCUT2D eigenvalue weighted by atomic mass is 9.70. The first-order valence-electron chi connectivity index (χ1n) is 11.8. The number of nitrogens with two attached hydrogens (primary N) is 1. The average Bonchev–Trinajstić information content (AvgIpc) is 2.83. The molecule has 1 amide bonds. The van der Waals surface area contributed by atoms with Crippen LogP contribution in [0.2, 0.25) is 5.02 Å². The second-order valence-corrected chi connectivity index (χ2v) is 10.4. The number of hydrogen-bond donors (Lipinski definition) is 2. The number of ketones is 1. The van der Waals surface area contributed by atoms with Gasteiger partial charge in [-0.05, 0) is 36.1 Å². The average molecular weight is 525 g/mol. The lowest BCUT2D eigenvalue weighted by Crippen LogP contribution is -2.35. The quantitative estimate of drug-likeness (QED) is 0.523. The predicted octanol–water partition coefficient (Wildman–Crippen LogP) is 4.77. The van der Waals surface area contributed by atoms with Crippen molar-refractivity contribution in [3.05, 3.63) is 81.4 Å². The molecule has 0 fully saturated rings. The summed E-state index contributed by atoms with van der Waals surface area (Å²) in [5.41, 5.74) is 8.18. The smallest absolute Gasteiger partial charge is 0.340 e. The van der Waals surface area contributed by atoms with E-state index in [0.29, 0.717) is 39.8 Å². The van der Waals surface area contributed by atoms with Crippen LogP contribution in [0, 0.1) is 12.3 Å². The number of hydrogen-bond acceptors (Lipinski definition) is 7. The van der Waals surface area contributed by atoms with Crippen molar-refractivity contribution < 1.29 is 28.6 Å². The van der Waals surface area contributed by atoms with Gasteiger partial charge < -0.3 is 25.3 Å². The Hall–Kier alpha value is -3.78. The number of nitrogens with one attached hydrogen (secondary N) is 1. The van der Waals surface area contributed by atoms with Crippen LogP contribution in [0.15, 0.2) is 65.3 Å². The molecule has 0 saturated heterocycles. The number of carbonyl (C=O) groups excluding carboxylic acids is 3. The summed E-state index contributed by atoms with van der Waals surface area (Å²) in [5.74, 6) is -1.48. The van der Waals surface area contributed by atoms with E-state index in [1.165, 1.54) is 7.11 Å². The van der Waals surface area contributed by atoms with Crippen LogP contribution in [0.3, 0.4) is 0 Å². The minimum atomic E-state index is -0.866. The third-order valence-corrected chi connectivity index (χ3v) is 6.66. The van der Waals surface area contributed by atoms with Crippen LogP contribution in [0.4, 0.5) is 5.69 Å². The molecule has 2 aromatic rings. The standard InChI is InChI=1S/C28H29ClN2O6/c1-15-9-10-16(29)11-18(15)31-22(33)14-36-20-8-6-5-7-17(20)23-24-19(32)12-28(2,3)13-21(24)37-26(30)25(23)27(34)35-4/h5-11,23H,12-14,30H2,1-4H3,(H,31,33). The van der Waals surface area contributed by atoms with E-state index in [2.05, 4.69) is 5.32 Å². The number of Topliss-reactive ketones (excluding diaryl/α,β-unsaturated/α-hetero) is 1. The molecule has 194 valence electrons. The van der Waals surface area contributed by atoms with Crippen molar-refractivity contribution in [1.82, 2.24) is 0 Å². The number of anilines is 1. The number of para-hydroxylation sites is 1. The number of benzene rings is 2. The van der Waals surface area contributed by atoms with Gasteiger partial charge in [0.25, 0.3) is 5.91 Å². The van der Waals surface area contributed by atoms with E-state index in [9.17, 15) is 14.4 Å². The van der Waals surface area contributed by atoms with Gasteiger partial charge in [0.1, 0.15) is 17.1 Å². The fourth-order valence-corrected chi connectivity index (χ4v) is 4.89. The summed E-state index contributed by atoms with van der Waals surface area (Å²) in [6, 6.07) is 12.1. The third kappa shape index (κ3) is 5.49. The summed E-state index contributed by atoms with van der Waals surface area (Å²) in [7, 11) is 1.24. The molecule has 0 saturated carbocycles.